The van der Waals surface area contributed by atoms with Crippen molar-refractivity contribution in [2.24, 2.45) is 5.11 Å². The highest BCUT2D eigenvalue weighted by molar-refractivity contribution is 5.92. The van der Waals surface area contributed by atoms with Gasteiger partial charge in [0.15, 0.2) is 30.9 Å². The number of hydrogen-bond acceptors (Lipinski definition) is 20. The summed E-state index contributed by atoms with van der Waals surface area (Å²) in [6, 6.07) is 8.41. The van der Waals surface area contributed by atoms with Crippen molar-refractivity contribution in [1.82, 2.24) is 26.6 Å². The summed E-state index contributed by atoms with van der Waals surface area (Å²) in [5.41, 5.74) is 6.87. The van der Waals surface area contributed by atoms with Crippen molar-refractivity contribution in [3.8, 4) is 0 Å². The Bertz CT molecular complexity index is 2760. The lowest BCUT2D eigenvalue weighted by Gasteiger charge is -2.50. The Balaban J connectivity index is 1.75. The number of carbonyl (C=O) groups excluding carboxylic acids is 8. The first-order valence-corrected chi connectivity index (χ1v) is 29.0. The average Bonchev–Trinajstić information content (AvgIpc) is 0.868. The van der Waals surface area contributed by atoms with Gasteiger partial charge in [0.2, 0.25) is 0 Å². The molecule has 5 amide bonds. The molecule has 14 atom stereocenters. The Kier molecular flexibility index (Phi) is 24.8. The van der Waals surface area contributed by atoms with Crippen LogP contribution in [0.15, 0.2) is 77.9 Å². The number of carbonyl (C=O) groups is 8. The van der Waals surface area contributed by atoms with E-state index in [0.717, 1.165) is 6.92 Å². The van der Waals surface area contributed by atoms with Gasteiger partial charge >= 0.3 is 42.3 Å². The van der Waals surface area contributed by atoms with Gasteiger partial charge in [-0.1, -0.05) is 73.9 Å². The fourth-order valence-electron chi connectivity index (χ4n) is 9.47. The molecule has 5 N–H and O–H groups in total. The molecule has 0 bridgehead atoms. The van der Waals surface area contributed by atoms with Crippen LogP contribution in [0.1, 0.15) is 150 Å². The normalized spacial score (nSPS) is 25.9. The minimum Gasteiger partial charge on any atom is -0.457 e. The molecule has 2 aromatic rings. The molecule has 27 nitrogen and oxygen atoms in total. The molecule has 1 saturated heterocycles. The van der Waals surface area contributed by atoms with Gasteiger partial charge in [-0.25, -0.2) is 28.8 Å². The van der Waals surface area contributed by atoms with E-state index in [1.807, 2.05) is 0 Å². The molecule has 0 spiro atoms. The molecule has 1 aliphatic carbocycles. The van der Waals surface area contributed by atoms with Gasteiger partial charge in [0.25, 0.3) is 5.91 Å². The van der Waals surface area contributed by atoms with Gasteiger partial charge in [0.05, 0.1) is 60.2 Å². The van der Waals surface area contributed by atoms with E-state index in [-0.39, 0.29) is 30.5 Å². The molecule has 0 aromatic heterocycles. The van der Waals surface area contributed by atoms with Gasteiger partial charge in [-0.05, 0) is 132 Å². The SMILES string of the molecule is CCC[C@H](OC(=O)c1ccccc1)C(=O)N[C@@H]1C[C@H](NC(=O)OC(C)(C)C)C(O[C@@H]2OC(CNC(=O)OC(C)(C)C)C=CC2NC(=O)OC(C)(C)C)C(N=[N+]=[N-])[C@@H]1O[C@@H]1OC(CC)[C@H](OC(C)=O)[C@H](NC(=O)OC(C)(C)C)C1OC(=O)c1ccccc1. The molecule has 5 rings (SSSR count). The predicted molar refractivity (Wildman–Crippen MR) is 311 cm³/mol. The van der Waals surface area contributed by atoms with Gasteiger partial charge in [0, 0.05) is 11.8 Å². The minimum absolute atomic E-state index is 0.00720. The zero-order chi connectivity index (χ0) is 64.6. The second-order valence-electron chi connectivity index (χ2n) is 25.0. The molecule has 2 heterocycles. The molecule has 87 heavy (non-hydrogen) atoms. The Morgan fingerprint density at radius 2 is 1.11 bits per heavy atom. The van der Waals surface area contributed by atoms with E-state index < -0.39 is 163 Å². The first-order chi connectivity index (χ1) is 40.7. The van der Waals surface area contributed by atoms with Crippen LogP contribution in [0.2, 0.25) is 0 Å². The summed E-state index contributed by atoms with van der Waals surface area (Å²) in [4.78, 5) is 114. The highest BCUT2D eigenvalue weighted by Gasteiger charge is 2.56. The molecule has 2 aliphatic heterocycles. The summed E-state index contributed by atoms with van der Waals surface area (Å²) >= 11 is 0. The van der Waals surface area contributed by atoms with Crippen molar-refractivity contribution in [3.05, 3.63) is 94.4 Å². The Morgan fingerprint density at radius 1 is 0.609 bits per heavy atom. The standard InChI is InChI=1S/C60H86N8O19/c1-16-24-41(79-49(71)34-25-20-18-21-26-34)48(70)63-38-31-39(65-55(75)86-59(10,11)12)45(82-51-37(64-54(74)85-58(7,8)9)30-29-36(78-51)32-62-53(73)84-57(4,5)6)43(67-68-61)44(38)83-52-47(81-50(72)35-27-22-19-23-28-35)42(66-56(76)87-60(13,14)15)46(77-33(3)69)40(17-2)80-52/h18-23,25-30,36-47,51-52H,16-17,24,31-32H2,1-15H3,(H,62,73)(H,63,70)(H,64,74)(H,65,75)(H,66,76)/t36?,37?,38-,39+,40?,41+,42+,43?,44-,45?,46+,47?,51+,52+/m1/s1. The van der Waals surface area contributed by atoms with Crippen LogP contribution in [0.5, 0.6) is 0 Å². The van der Waals surface area contributed by atoms with E-state index in [4.69, 9.17) is 52.1 Å². The van der Waals surface area contributed by atoms with E-state index in [2.05, 4.69) is 36.6 Å². The second kappa shape index (κ2) is 30.8. The fourth-order valence-corrected chi connectivity index (χ4v) is 9.47. The maximum atomic E-state index is 14.9. The zero-order valence-corrected chi connectivity index (χ0v) is 52.1. The third-order valence-electron chi connectivity index (χ3n) is 12.8. The van der Waals surface area contributed by atoms with E-state index in [1.54, 1.807) is 139 Å². The molecule has 0 radical (unpaired) electrons. The molecule has 6 unspecified atom stereocenters. The van der Waals surface area contributed by atoms with Crippen molar-refractivity contribution in [3.63, 3.8) is 0 Å². The molecular formula is C60H86N8O19. The highest BCUT2D eigenvalue weighted by Crippen LogP contribution is 2.37. The van der Waals surface area contributed by atoms with Crippen molar-refractivity contribution in [2.75, 3.05) is 6.54 Å². The van der Waals surface area contributed by atoms with Crippen LogP contribution in [0.25, 0.3) is 10.4 Å². The largest absolute Gasteiger partial charge is 0.457 e. The van der Waals surface area contributed by atoms with Crippen LogP contribution in [-0.4, -0.2) is 163 Å². The number of rotatable bonds is 20. The average molecular weight is 1220 g/mol. The topological polar surface area (TPSA) is 347 Å². The van der Waals surface area contributed by atoms with Crippen LogP contribution in [0, 0.1) is 0 Å². The first-order valence-electron chi connectivity index (χ1n) is 29.0. The van der Waals surface area contributed by atoms with Gasteiger partial charge in [-0.15, -0.1) is 0 Å². The van der Waals surface area contributed by atoms with Gasteiger partial charge in [0.1, 0.15) is 34.5 Å². The summed E-state index contributed by atoms with van der Waals surface area (Å²) < 4.78 is 67.5. The number of nitrogens with one attached hydrogen (secondary N) is 5. The molecular weight excluding hydrogens is 1140 g/mol. The van der Waals surface area contributed by atoms with Crippen LogP contribution in [0.4, 0.5) is 19.2 Å². The Morgan fingerprint density at radius 3 is 1.63 bits per heavy atom. The third kappa shape index (κ3) is 22.5. The summed E-state index contributed by atoms with van der Waals surface area (Å²) in [5, 5.41) is 18.1. The number of azide groups is 1. The Hall–Kier alpha value is -7.71. The van der Waals surface area contributed by atoms with E-state index in [1.165, 1.54) is 30.3 Å². The summed E-state index contributed by atoms with van der Waals surface area (Å²) in [6.45, 7) is 24.1. The Labute approximate surface area is 507 Å². The maximum absolute atomic E-state index is 14.9. The molecule has 480 valence electrons. The van der Waals surface area contributed by atoms with E-state index >= 15 is 0 Å². The maximum Gasteiger partial charge on any atom is 0.408 e. The zero-order valence-electron chi connectivity index (χ0n) is 52.1. The summed E-state index contributed by atoms with van der Waals surface area (Å²) in [5.74, 6) is -3.45. The van der Waals surface area contributed by atoms with Gasteiger partial charge in [-0.2, -0.15) is 0 Å². The number of benzene rings is 2. The van der Waals surface area contributed by atoms with Gasteiger partial charge in [-0.3, -0.25) is 9.59 Å². The molecule has 27 heteroatoms. The van der Waals surface area contributed by atoms with E-state index in [0.29, 0.717) is 6.42 Å². The molecule has 1 saturated carbocycles. The number of alkyl carbamates (subject to hydrolysis) is 4. The molecule has 2 aromatic carbocycles. The van der Waals surface area contributed by atoms with Crippen LogP contribution >= 0.6 is 0 Å². The third-order valence-corrected chi connectivity index (χ3v) is 12.8. The van der Waals surface area contributed by atoms with Crippen molar-refractivity contribution in [1.29, 1.82) is 0 Å². The fraction of sp³-hybridized carbons (Fsp3) is 0.633. The number of nitrogens with zero attached hydrogens (tertiary/aromatic N) is 3. The van der Waals surface area contributed by atoms with Gasteiger partial charge < -0.3 is 78.7 Å². The van der Waals surface area contributed by atoms with Crippen LogP contribution in [-0.2, 0) is 61.7 Å². The lowest BCUT2D eigenvalue weighted by molar-refractivity contribution is -0.300. The quantitative estimate of drug-likeness (QED) is 0.0208. The summed E-state index contributed by atoms with van der Waals surface area (Å²) in [6.07, 6.45) is -14.2. The smallest absolute Gasteiger partial charge is 0.408 e. The molecule has 2 fully saturated rings. The minimum atomic E-state index is -1.85. The highest BCUT2D eigenvalue weighted by atomic mass is 16.7. The monoisotopic (exact) mass is 1220 g/mol. The predicted octanol–water partition coefficient (Wildman–Crippen LogP) is 8.13. The number of esters is 3. The molecule has 3 aliphatic rings. The van der Waals surface area contributed by atoms with Crippen molar-refractivity contribution < 1.29 is 90.5 Å². The lowest BCUT2D eigenvalue weighted by Crippen LogP contribution is -2.70. The number of ether oxygens (including phenoxy) is 11. The number of amides is 5. The first kappa shape index (κ1) is 70.1. The van der Waals surface area contributed by atoms with Crippen molar-refractivity contribution >= 4 is 48.2 Å². The second-order valence-corrected chi connectivity index (χ2v) is 25.0. The van der Waals surface area contributed by atoms with Crippen LogP contribution in [0.3, 0.4) is 0 Å². The lowest BCUT2D eigenvalue weighted by atomic mass is 9.81. The van der Waals surface area contributed by atoms with Crippen molar-refractivity contribution in [2.45, 2.75) is 237 Å². The number of hydrogen-bond donors (Lipinski definition) is 5. The summed E-state index contributed by atoms with van der Waals surface area (Å²) in [7, 11) is 0. The van der Waals surface area contributed by atoms with E-state index in [9.17, 15) is 43.9 Å². The van der Waals surface area contributed by atoms with Crippen LogP contribution < -0.4 is 26.6 Å².